The summed E-state index contributed by atoms with van der Waals surface area (Å²) >= 11 is 0. The maximum atomic E-state index is 13.5. The first-order chi connectivity index (χ1) is 13.6. The van der Waals surface area contributed by atoms with Gasteiger partial charge in [0.25, 0.3) is 5.91 Å². The fourth-order valence-electron chi connectivity index (χ4n) is 3.49. The topological polar surface area (TPSA) is 75.5 Å². The molecule has 3 rings (SSSR count). The first-order valence-corrected chi connectivity index (χ1v) is 10.7. The number of hydrogen-bond acceptors (Lipinski definition) is 3. The Morgan fingerprint density at radius 1 is 1.31 bits per heavy atom. The van der Waals surface area contributed by atoms with Gasteiger partial charge in [-0.15, -0.1) is 0 Å². The molecule has 2 N–H and O–H groups in total. The van der Waals surface area contributed by atoms with E-state index >= 15 is 0 Å². The summed E-state index contributed by atoms with van der Waals surface area (Å²) in [5.41, 5.74) is 0.570. The van der Waals surface area contributed by atoms with Crippen molar-refractivity contribution in [1.29, 1.82) is 0 Å². The average Bonchev–Trinajstić information content (AvgIpc) is 2.92. The van der Waals surface area contributed by atoms with Crippen LogP contribution in [0.3, 0.4) is 0 Å². The van der Waals surface area contributed by atoms with Crippen molar-refractivity contribution in [3.63, 3.8) is 0 Å². The molecule has 2 heterocycles. The zero-order valence-electron chi connectivity index (χ0n) is 16.6. The van der Waals surface area contributed by atoms with Crippen molar-refractivity contribution < 1.29 is 22.2 Å². The number of carbonyl (C=O) groups is 1. The third-order valence-corrected chi connectivity index (χ3v) is 7.16. The summed E-state index contributed by atoms with van der Waals surface area (Å²) in [6.45, 7) is 4.02. The van der Waals surface area contributed by atoms with E-state index in [4.69, 9.17) is 0 Å². The summed E-state index contributed by atoms with van der Waals surface area (Å²) in [7, 11) is 0.132. The maximum absolute atomic E-state index is 13.5. The summed E-state index contributed by atoms with van der Waals surface area (Å²) in [5, 5.41) is 2.39. The highest BCUT2D eigenvalue weighted by molar-refractivity contribution is 7.91. The van der Waals surface area contributed by atoms with Crippen molar-refractivity contribution in [2.45, 2.75) is 37.6 Å². The van der Waals surface area contributed by atoms with Gasteiger partial charge in [0, 0.05) is 49.7 Å². The molecule has 0 aliphatic carbocycles. The van der Waals surface area contributed by atoms with Crippen LogP contribution in [0.25, 0.3) is 0 Å². The van der Waals surface area contributed by atoms with Gasteiger partial charge in [-0.2, -0.15) is 0 Å². The maximum Gasteiger partial charge on any atom is 0.272 e. The standard InChI is InChI=1S/C19H23F3N4O2S/c1-10(2)15-6-5-12-16(29(28,23-3)25-15)9-26(4)18(12)19(27)24-11-7-13(20)17(22)14(21)8-11/h7-10,15H,5-6H2,1-4H3,(H,24,27)(H,23,25,28)/t15-,29?/m1/s1. The van der Waals surface area contributed by atoms with Crippen LogP contribution in [0.15, 0.2) is 27.6 Å². The van der Waals surface area contributed by atoms with E-state index in [1.54, 1.807) is 13.2 Å². The highest BCUT2D eigenvalue weighted by Crippen LogP contribution is 2.30. The Morgan fingerprint density at radius 2 is 1.93 bits per heavy atom. The Hall–Kier alpha value is -2.33. The molecule has 29 heavy (non-hydrogen) atoms. The van der Waals surface area contributed by atoms with Crippen LogP contribution >= 0.6 is 0 Å². The first-order valence-electron chi connectivity index (χ1n) is 9.14. The van der Waals surface area contributed by atoms with Crippen molar-refractivity contribution in [1.82, 2.24) is 9.29 Å². The Balaban J connectivity index is 2.03. The van der Waals surface area contributed by atoms with E-state index in [0.29, 0.717) is 35.4 Å². The van der Waals surface area contributed by atoms with E-state index in [2.05, 4.69) is 14.4 Å². The van der Waals surface area contributed by atoms with E-state index < -0.39 is 33.3 Å². The van der Waals surface area contributed by atoms with Gasteiger partial charge in [-0.25, -0.2) is 26.5 Å². The molecule has 2 aromatic rings. The molecule has 1 aromatic carbocycles. The largest absolute Gasteiger partial charge is 0.345 e. The molecule has 0 saturated carbocycles. The number of halogens is 3. The molecule has 0 spiro atoms. The highest BCUT2D eigenvalue weighted by Gasteiger charge is 2.32. The average molecular weight is 428 g/mol. The number of rotatable bonds is 3. The van der Waals surface area contributed by atoms with Gasteiger partial charge in [0.15, 0.2) is 17.5 Å². The van der Waals surface area contributed by atoms with Crippen molar-refractivity contribution >= 4 is 21.5 Å². The number of aryl methyl sites for hydroxylation is 1. The van der Waals surface area contributed by atoms with Gasteiger partial charge < -0.3 is 9.88 Å². The van der Waals surface area contributed by atoms with Gasteiger partial charge in [-0.05, 0) is 18.8 Å². The summed E-state index contributed by atoms with van der Waals surface area (Å²) < 4.78 is 62.3. The quantitative estimate of drug-likeness (QED) is 0.733. The van der Waals surface area contributed by atoms with E-state index in [0.717, 1.165) is 0 Å². The second kappa shape index (κ2) is 7.83. The van der Waals surface area contributed by atoms with Crippen LogP contribution in [0.2, 0.25) is 0 Å². The van der Waals surface area contributed by atoms with Crippen LogP contribution in [0.5, 0.6) is 0 Å². The third kappa shape index (κ3) is 3.91. The lowest BCUT2D eigenvalue weighted by Gasteiger charge is -2.21. The molecule has 1 aliphatic heterocycles. The number of nitrogens with zero attached hydrogens (tertiary/aromatic N) is 2. The summed E-state index contributed by atoms with van der Waals surface area (Å²) in [6.07, 6.45) is 2.70. The molecule has 1 aromatic heterocycles. The Kier molecular flexibility index (Phi) is 5.77. The predicted octanol–water partition coefficient (Wildman–Crippen LogP) is 3.63. The second-order valence-electron chi connectivity index (χ2n) is 7.35. The lowest BCUT2D eigenvalue weighted by atomic mass is 9.97. The molecular formula is C19H23F3N4O2S. The Bertz CT molecular complexity index is 1060. The molecule has 10 heteroatoms. The van der Waals surface area contributed by atoms with Gasteiger partial charge in [-0.1, -0.05) is 13.8 Å². The van der Waals surface area contributed by atoms with Crippen LogP contribution in [-0.4, -0.2) is 27.8 Å². The number of benzene rings is 1. The van der Waals surface area contributed by atoms with Crippen LogP contribution in [0, 0.1) is 23.4 Å². The number of anilines is 1. The number of nitrogens with one attached hydrogen (secondary N) is 2. The molecule has 0 saturated heterocycles. The number of fused-ring (bicyclic) bond motifs is 1. The van der Waals surface area contributed by atoms with E-state index in [1.807, 2.05) is 13.8 Å². The van der Waals surface area contributed by atoms with Gasteiger partial charge >= 0.3 is 0 Å². The number of amides is 1. The van der Waals surface area contributed by atoms with Crippen molar-refractivity contribution in [3.8, 4) is 0 Å². The van der Waals surface area contributed by atoms with E-state index in [9.17, 15) is 22.2 Å². The van der Waals surface area contributed by atoms with Gasteiger partial charge in [0.2, 0.25) is 0 Å². The SMILES string of the molecule is CN=S1(=O)N[C@@H](C(C)C)CCc2c1cn(C)c2C(=O)Nc1cc(F)c(F)c(F)c1. The van der Waals surface area contributed by atoms with Crippen molar-refractivity contribution in [3.05, 3.63) is 47.0 Å². The smallest absolute Gasteiger partial charge is 0.272 e. The van der Waals surface area contributed by atoms with Crippen LogP contribution in [0.1, 0.15) is 36.3 Å². The Morgan fingerprint density at radius 3 is 2.48 bits per heavy atom. The normalized spacial score (nSPS) is 21.6. The van der Waals surface area contributed by atoms with Crippen LogP contribution in [-0.2, 0) is 23.4 Å². The van der Waals surface area contributed by atoms with E-state index in [1.165, 1.54) is 11.6 Å². The predicted molar refractivity (Wildman–Crippen MR) is 105 cm³/mol. The molecule has 0 fully saturated rings. The summed E-state index contributed by atoms with van der Waals surface area (Å²) in [6, 6.07) is 1.36. The molecule has 6 nitrogen and oxygen atoms in total. The molecule has 158 valence electrons. The molecule has 1 aliphatic rings. The number of carbonyl (C=O) groups excluding carboxylic acids is 1. The lowest BCUT2D eigenvalue weighted by molar-refractivity contribution is 0.101. The van der Waals surface area contributed by atoms with Gasteiger partial charge in [0.1, 0.15) is 15.6 Å². The summed E-state index contributed by atoms with van der Waals surface area (Å²) in [5.74, 6) is -4.84. The molecule has 0 radical (unpaired) electrons. The minimum atomic E-state index is -2.94. The molecular weight excluding hydrogens is 405 g/mol. The number of aromatic nitrogens is 1. The zero-order valence-corrected chi connectivity index (χ0v) is 17.4. The van der Waals surface area contributed by atoms with Crippen molar-refractivity contribution in [2.75, 3.05) is 12.4 Å². The molecule has 2 atom stereocenters. The van der Waals surface area contributed by atoms with Crippen LogP contribution in [0.4, 0.5) is 18.9 Å². The highest BCUT2D eigenvalue weighted by atomic mass is 32.2. The third-order valence-electron chi connectivity index (χ3n) is 5.08. The van der Waals surface area contributed by atoms with Crippen LogP contribution < -0.4 is 10.0 Å². The fraction of sp³-hybridized carbons (Fsp3) is 0.421. The number of hydrogen-bond donors (Lipinski definition) is 2. The Labute approximate surface area is 167 Å². The fourth-order valence-corrected chi connectivity index (χ4v) is 5.55. The minimum absolute atomic E-state index is 0.0555. The van der Waals surface area contributed by atoms with Crippen molar-refractivity contribution in [2.24, 2.45) is 17.3 Å². The van der Waals surface area contributed by atoms with E-state index in [-0.39, 0.29) is 23.3 Å². The second-order valence-corrected chi connectivity index (χ2v) is 9.45. The molecule has 1 unspecified atom stereocenters. The first kappa shape index (κ1) is 21.4. The summed E-state index contributed by atoms with van der Waals surface area (Å²) in [4.78, 5) is 13.3. The minimum Gasteiger partial charge on any atom is -0.345 e. The molecule has 1 amide bonds. The van der Waals surface area contributed by atoms with Gasteiger partial charge in [-0.3, -0.25) is 4.79 Å². The van der Waals surface area contributed by atoms with Gasteiger partial charge in [0.05, 0.1) is 4.90 Å². The zero-order chi connectivity index (χ0) is 21.5. The monoisotopic (exact) mass is 428 g/mol. The lowest BCUT2D eigenvalue weighted by Crippen LogP contribution is -2.37. The molecule has 0 bridgehead atoms.